The van der Waals surface area contributed by atoms with Crippen molar-refractivity contribution >= 4 is 22.5 Å². The molecule has 0 saturated heterocycles. The molecule has 110 valence electrons. The quantitative estimate of drug-likeness (QED) is 0.563. The fourth-order valence-corrected chi connectivity index (χ4v) is 2.11. The van der Waals surface area contributed by atoms with Crippen LogP contribution in [0.3, 0.4) is 0 Å². The molecule has 0 atom stereocenters. The van der Waals surface area contributed by atoms with E-state index in [-0.39, 0.29) is 16.6 Å². The predicted octanol–water partition coefficient (Wildman–Crippen LogP) is 3.12. The third-order valence-electron chi connectivity index (χ3n) is 3.23. The summed E-state index contributed by atoms with van der Waals surface area (Å²) in [7, 11) is 0. The number of para-hydroxylation sites is 1. The normalized spacial score (nSPS) is 10.6. The Bertz CT molecular complexity index is 853. The lowest BCUT2D eigenvalue weighted by atomic mass is 10.1. The molecule has 0 saturated carbocycles. The topological polar surface area (TPSA) is 73.7 Å². The van der Waals surface area contributed by atoms with E-state index in [0.717, 1.165) is 12.3 Å². The van der Waals surface area contributed by atoms with E-state index < -0.39 is 17.5 Å². The molecule has 5 nitrogen and oxygen atoms in total. The highest BCUT2D eigenvalue weighted by atomic mass is 19.1. The highest BCUT2D eigenvalue weighted by Crippen LogP contribution is 2.29. The summed E-state index contributed by atoms with van der Waals surface area (Å²) in [5, 5.41) is 20.6. The zero-order valence-electron chi connectivity index (χ0n) is 11.3. The Hall–Kier alpha value is -2.99. The molecule has 0 aliphatic rings. The first kappa shape index (κ1) is 14.0. The first-order valence-electron chi connectivity index (χ1n) is 6.43. The lowest BCUT2D eigenvalue weighted by molar-refractivity contribution is 0.0852. The highest BCUT2D eigenvalue weighted by molar-refractivity contribution is 6.09. The van der Waals surface area contributed by atoms with Crippen molar-refractivity contribution in [1.29, 1.82) is 0 Å². The van der Waals surface area contributed by atoms with Gasteiger partial charge >= 0.3 is 0 Å². The summed E-state index contributed by atoms with van der Waals surface area (Å²) in [4.78, 5) is 16.3. The molecule has 0 unspecified atom stereocenters. The van der Waals surface area contributed by atoms with Crippen LogP contribution in [0.4, 0.5) is 10.1 Å². The van der Waals surface area contributed by atoms with Gasteiger partial charge in [0, 0.05) is 11.6 Å². The fraction of sp³-hybridized carbons (Fsp3) is 0. The molecule has 22 heavy (non-hydrogen) atoms. The smallest absolute Gasteiger partial charge is 0.287 e. The SMILES string of the molecule is O=C(c1cnc2ccc(F)cc2c1O)N(O)c1ccccc1. The number of halogens is 1. The summed E-state index contributed by atoms with van der Waals surface area (Å²) in [6.45, 7) is 0. The number of aromatic nitrogens is 1. The van der Waals surface area contributed by atoms with E-state index in [1.54, 1.807) is 18.2 Å². The van der Waals surface area contributed by atoms with Gasteiger partial charge in [-0.1, -0.05) is 18.2 Å². The zero-order chi connectivity index (χ0) is 15.7. The average Bonchev–Trinajstić information content (AvgIpc) is 2.55. The second-order valence-electron chi connectivity index (χ2n) is 4.63. The second-order valence-corrected chi connectivity index (χ2v) is 4.63. The molecule has 1 aromatic heterocycles. The minimum absolute atomic E-state index is 0.104. The van der Waals surface area contributed by atoms with E-state index in [1.165, 1.54) is 24.3 Å². The van der Waals surface area contributed by atoms with Crippen LogP contribution in [-0.4, -0.2) is 21.2 Å². The molecule has 1 heterocycles. The first-order chi connectivity index (χ1) is 10.6. The number of nitrogens with zero attached hydrogens (tertiary/aromatic N) is 2. The molecule has 0 aliphatic carbocycles. The van der Waals surface area contributed by atoms with Crippen molar-refractivity contribution in [2.75, 3.05) is 5.06 Å². The zero-order valence-corrected chi connectivity index (χ0v) is 11.3. The number of carbonyl (C=O) groups excluding carboxylic acids is 1. The standard InChI is InChI=1S/C16H11FN2O3/c17-10-6-7-14-12(8-10)15(20)13(9-18-14)16(21)19(22)11-4-2-1-3-5-11/h1-9,22H,(H,18,20). The number of aromatic hydroxyl groups is 1. The number of anilines is 1. The van der Waals surface area contributed by atoms with Crippen molar-refractivity contribution in [2.24, 2.45) is 0 Å². The van der Waals surface area contributed by atoms with E-state index in [4.69, 9.17) is 0 Å². The Morgan fingerprint density at radius 1 is 1.14 bits per heavy atom. The maximum atomic E-state index is 13.3. The first-order valence-corrected chi connectivity index (χ1v) is 6.43. The van der Waals surface area contributed by atoms with Crippen LogP contribution in [0.1, 0.15) is 10.4 Å². The van der Waals surface area contributed by atoms with Gasteiger partial charge in [-0.2, -0.15) is 5.06 Å². The summed E-state index contributed by atoms with van der Waals surface area (Å²) in [6, 6.07) is 11.8. The molecule has 0 spiro atoms. The Kier molecular flexibility index (Phi) is 3.44. The summed E-state index contributed by atoms with van der Waals surface area (Å²) in [5.41, 5.74) is 0.371. The van der Waals surface area contributed by atoms with Crippen molar-refractivity contribution in [1.82, 2.24) is 4.98 Å². The summed E-state index contributed by atoms with van der Waals surface area (Å²) >= 11 is 0. The maximum absolute atomic E-state index is 13.3. The van der Waals surface area contributed by atoms with Gasteiger partial charge in [-0.05, 0) is 30.3 Å². The number of rotatable bonds is 2. The largest absolute Gasteiger partial charge is 0.506 e. The van der Waals surface area contributed by atoms with Gasteiger partial charge in [0.15, 0.2) is 0 Å². The van der Waals surface area contributed by atoms with E-state index in [1.807, 2.05) is 0 Å². The van der Waals surface area contributed by atoms with Gasteiger partial charge in [0.1, 0.15) is 17.1 Å². The van der Waals surface area contributed by atoms with Crippen LogP contribution in [0.15, 0.2) is 54.7 Å². The number of fused-ring (bicyclic) bond motifs is 1. The lowest BCUT2D eigenvalue weighted by Crippen LogP contribution is -2.27. The van der Waals surface area contributed by atoms with E-state index in [0.29, 0.717) is 10.6 Å². The Morgan fingerprint density at radius 2 is 1.86 bits per heavy atom. The molecule has 0 radical (unpaired) electrons. The molecule has 3 aromatic rings. The molecule has 0 fully saturated rings. The van der Waals surface area contributed by atoms with Gasteiger partial charge in [0.05, 0.1) is 11.2 Å². The van der Waals surface area contributed by atoms with Crippen molar-refractivity contribution in [3.8, 4) is 5.75 Å². The summed E-state index contributed by atoms with van der Waals surface area (Å²) in [6.07, 6.45) is 1.14. The summed E-state index contributed by atoms with van der Waals surface area (Å²) < 4.78 is 13.3. The Labute approximate surface area is 124 Å². The molecule has 2 aromatic carbocycles. The van der Waals surface area contributed by atoms with Crippen LogP contribution in [0.2, 0.25) is 0 Å². The average molecular weight is 298 g/mol. The number of carbonyl (C=O) groups is 1. The fourth-order valence-electron chi connectivity index (χ4n) is 2.11. The van der Waals surface area contributed by atoms with Crippen molar-refractivity contribution in [3.63, 3.8) is 0 Å². The number of hydroxylamine groups is 1. The van der Waals surface area contributed by atoms with Crippen LogP contribution in [0, 0.1) is 5.82 Å². The minimum atomic E-state index is -0.859. The maximum Gasteiger partial charge on any atom is 0.287 e. The molecular weight excluding hydrogens is 287 g/mol. The van der Waals surface area contributed by atoms with Crippen molar-refractivity contribution < 1.29 is 19.5 Å². The van der Waals surface area contributed by atoms with E-state index in [9.17, 15) is 19.5 Å². The van der Waals surface area contributed by atoms with Gasteiger partial charge in [0.2, 0.25) is 0 Å². The van der Waals surface area contributed by atoms with Gasteiger partial charge in [-0.15, -0.1) is 0 Å². The number of hydrogen-bond acceptors (Lipinski definition) is 4. The van der Waals surface area contributed by atoms with Crippen LogP contribution < -0.4 is 5.06 Å². The van der Waals surface area contributed by atoms with E-state index in [2.05, 4.69) is 4.98 Å². The molecule has 0 bridgehead atoms. The van der Waals surface area contributed by atoms with Crippen molar-refractivity contribution in [2.45, 2.75) is 0 Å². The monoisotopic (exact) mass is 298 g/mol. The second kappa shape index (κ2) is 5.42. The van der Waals surface area contributed by atoms with Gasteiger partial charge in [0.25, 0.3) is 5.91 Å². The number of amides is 1. The number of hydrogen-bond donors (Lipinski definition) is 2. The third kappa shape index (κ3) is 2.36. The predicted molar refractivity (Wildman–Crippen MR) is 78.4 cm³/mol. The van der Waals surface area contributed by atoms with Gasteiger partial charge in [-0.3, -0.25) is 15.0 Å². The Morgan fingerprint density at radius 3 is 2.59 bits per heavy atom. The summed E-state index contributed by atoms with van der Waals surface area (Å²) in [5.74, 6) is -1.84. The number of pyridine rings is 1. The van der Waals surface area contributed by atoms with Crippen LogP contribution in [0.5, 0.6) is 5.75 Å². The molecular formula is C16H11FN2O3. The third-order valence-corrected chi connectivity index (χ3v) is 3.23. The minimum Gasteiger partial charge on any atom is -0.506 e. The van der Waals surface area contributed by atoms with E-state index >= 15 is 0 Å². The Balaban J connectivity index is 2.06. The van der Waals surface area contributed by atoms with Gasteiger partial charge < -0.3 is 5.11 Å². The molecule has 1 amide bonds. The van der Waals surface area contributed by atoms with Gasteiger partial charge in [-0.25, -0.2) is 4.39 Å². The highest BCUT2D eigenvalue weighted by Gasteiger charge is 2.21. The molecule has 2 N–H and O–H groups in total. The van der Waals surface area contributed by atoms with Crippen LogP contribution in [-0.2, 0) is 0 Å². The molecule has 0 aliphatic heterocycles. The van der Waals surface area contributed by atoms with Crippen LogP contribution >= 0.6 is 0 Å². The number of benzene rings is 2. The van der Waals surface area contributed by atoms with Crippen LogP contribution in [0.25, 0.3) is 10.9 Å². The molecule has 3 rings (SSSR count). The lowest BCUT2D eigenvalue weighted by Gasteiger charge is -2.15. The van der Waals surface area contributed by atoms with Crippen molar-refractivity contribution in [3.05, 3.63) is 66.1 Å². The molecule has 6 heteroatoms.